The van der Waals surface area contributed by atoms with Gasteiger partial charge in [0.05, 0.1) is 14.2 Å². The monoisotopic (exact) mass is 492 g/mol. The molecule has 0 aliphatic heterocycles. The van der Waals surface area contributed by atoms with Gasteiger partial charge in [0.1, 0.15) is 5.70 Å². The van der Waals surface area contributed by atoms with Gasteiger partial charge in [0.2, 0.25) is 0 Å². The second kappa shape index (κ2) is 11.7. The average Bonchev–Trinajstić information content (AvgIpc) is 3.36. The van der Waals surface area contributed by atoms with E-state index in [1.165, 1.54) is 31.1 Å². The molecular formula is C28H32N2O4S. The molecule has 2 aromatic carbocycles. The minimum Gasteiger partial charge on any atom is -0.493 e. The van der Waals surface area contributed by atoms with Crippen molar-refractivity contribution in [3.05, 3.63) is 87.7 Å². The van der Waals surface area contributed by atoms with Gasteiger partial charge < -0.3 is 20.1 Å². The van der Waals surface area contributed by atoms with Crippen molar-refractivity contribution < 1.29 is 19.1 Å². The highest BCUT2D eigenvalue weighted by Gasteiger charge is 2.25. The van der Waals surface area contributed by atoms with E-state index in [-0.39, 0.29) is 23.1 Å². The van der Waals surface area contributed by atoms with Crippen LogP contribution in [0.25, 0.3) is 6.08 Å². The summed E-state index contributed by atoms with van der Waals surface area (Å²) >= 11 is 1.48. The summed E-state index contributed by atoms with van der Waals surface area (Å²) in [5.41, 5.74) is 1.61. The molecule has 1 aromatic heterocycles. The molecule has 184 valence electrons. The Morgan fingerprint density at radius 2 is 1.71 bits per heavy atom. The Labute approximate surface area is 211 Å². The van der Waals surface area contributed by atoms with Gasteiger partial charge in [0.25, 0.3) is 11.8 Å². The number of carbonyl (C=O) groups excluding carboxylic acids is 2. The number of rotatable bonds is 10. The summed E-state index contributed by atoms with van der Waals surface area (Å²) in [6.45, 7) is 6.29. The maximum absolute atomic E-state index is 13.3. The lowest BCUT2D eigenvalue weighted by molar-refractivity contribution is -0.118. The van der Waals surface area contributed by atoms with Gasteiger partial charge >= 0.3 is 0 Å². The van der Waals surface area contributed by atoms with Gasteiger partial charge in [-0.25, -0.2) is 0 Å². The molecule has 0 unspecified atom stereocenters. The first-order valence-corrected chi connectivity index (χ1v) is 12.3. The van der Waals surface area contributed by atoms with Gasteiger partial charge in [0.15, 0.2) is 11.5 Å². The molecule has 1 heterocycles. The van der Waals surface area contributed by atoms with Crippen molar-refractivity contribution in [2.45, 2.75) is 38.6 Å². The number of ether oxygens (including phenoxy) is 2. The Morgan fingerprint density at radius 3 is 2.34 bits per heavy atom. The van der Waals surface area contributed by atoms with E-state index in [0.29, 0.717) is 17.1 Å². The molecule has 0 aliphatic rings. The molecule has 0 radical (unpaired) electrons. The minimum atomic E-state index is -0.416. The van der Waals surface area contributed by atoms with E-state index in [4.69, 9.17) is 9.47 Å². The average molecular weight is 493 g/mol. The summed E-state index contributed by atoms with van der Waals surface area (Å²) < 4.78 is 10.5. The first-order chi connectivity index (χ1) is 16.7. The molecule has 1 atom stereocenters. The highest BCUT2D eigenvalue weighted by molar-refractivity contribution is 7.10. The highest BCUT2D eigenvalue weighted by atomic mass is 32.1. The van der Waals surface area contributed by atoms with Crippen LogP contribution in [0.15, 0.2) is 71.7 Å². The lowest BCUT2D eigenvalue weighted by Gasteiger charge is -2.29. The zero-order chi connectivity index (χ0) is 25.4. The largest absolute Gasteiger partial charge is 0.493 e. The maximum atomic E-state index is 13.3. The molecule has 3 aromatic rings. The van der Waals surface area contributed by atoms with E-state index < -0.39 is 5.91 Å². The van der Waals surface area contributed by atoms with Gasteiger partial charge in [-0.1, -0.05) is 50.2 Å². The number of thiophene rings is 1. The number of methoxy groups -OCH3 is 2. The number of benzene rings is 2. The molecule has 0 spiro atoms. The fourth-order valence-corrected chi connectivity index (χ4v) is 4.63. The Hall–Kier alpha value is -3.58. The van der Waals surface area contributed by atoms with Crippen molar-refractivity contribution in [1.82, 2.24) is 10.6 Å². The van der Waals surface area contributed by atoms with Crippen LogP contribution in [0.5, 0.6) is 11.5 Å². The molecule has 3 rings (SSSR count). The first kappa shape index (κ1) is 26.0. The van der Waals surface area contributed by atoms with E-state index in [1.807, 2.05) is 42.6 Å². The zero-order valence-corrected chi connectivity index (χ0v) is 21.6. The second-order valence-corrected chi connectivity index (χ2v) is 9.91. The minimum absolute atomic E-state index is 0.123. The van der Waals surface area contributed by atoms with Crippen molar-refractivity contribution in [3.63, 3.8) is 0 Å². The van der Waals surface area contributed by atoms with E-state index in [0.717, 1.165) is 11.3 Å². The molecule has 0 fully saturated rings. The summed E-state index contributed by atoms with van der Waals surface area (Å²) in [5, 5.41) is 7.75. The van der Waals surface area contributed by atoms with Crippen LogP contribution < -0.4 is 20.1 Å². The topological polar surface area (TPSA) is 76.7 Å². The number of carbonyl (C=O) groups is 2. The van der Waals surface area contributed by atoms with Crippen LogP contribution in [-0.2, 0) is 10.2 Å². The fraction of sp³-hybridized carbons (Fsp3) is 0.286. The summed E-state index contributed by atoms with van der Waals surface area (Å²) in [4.78, 5) is 27.2. The van der Waals surface area contributed by atoms with Gasteiger partial charge in [-0.05, 0) is 60.0 Å². The SMILES string of the molecule is COc1ccc(C(=O)N/C(=C\c2cccs2)C(=O)N[C@@H](C)CC(C)(C)c2ccccc2)cc1OC. The standard InChI is InChI=1S/C28H32N2O4S/c1-19(18-28(2,3)21-10-7-6-8-11-21)29-27(32)23(17-22-12-9-15-35-22)30-26(31)20-13-14-24(33-4)25(16-20)34-5/h6-17,19H,18H2,1-5H3,(H,29,32)(H,30,31)/b23-17-/t19-/m0/s1. The molecule has 2 amide bonds. The van der Waals surface area contributed by atoms with Crippen LogP contribution in [-0.4, -0.2) is 32.1 Å². The third kappa shape index (κ3) is 6.96. The Balaban J connectivity index is 1.77. The zero-order valence-electron chi connectivity index (χ0n) is 20.8. The third-order valence-electron chi connectivity index (χ3n) is 5.72. The van der Waals surface area contributed by atoms with E-state index >= 15 is 0 Å². The first-order valence-electron chi connectivity index (χ1n) is 11.4. The van der Waals surface area contributed by atoms with Crippen molar-refractivity contribution >= 4 is 29.2 Å². The van der Waals surface area contributed by atoms with Gasteiger partial charge in [0, 0.05) is 16.5 Å². The smallest absolute Gasteiger partial charge is 0.268 e. The lowest BCUT2D eigenvalue weighted by Crippen LogP contribution is -2.41. The van der Waals surface area contributed by atoms with E-state index in [2.05, 4.69) is 36.6 Å². The van der Waals surface area contributed by atoms with Crippen LogP contribution in [0.4, 0.5) is 0 Å². The molecule has 7 heteroatoms. The number of nitrogens with one attached hydrogen (secondary N) is 2. The van der Waals surface area contributed by atoms with Gasteiger partial charge in [-0.15, -0.1) is 11.3 Å². The summed E-state index contributed by atoms with van der Waals surface area (Å²) in [5.74, 6) is 0.195. The quantitative estimate of drug-likeness (QED) is 0.371. The molecule has 0 saturated carbocycles. The van der Waals surface area contributed by atoms with Crippen molar-refractivity contribution in [2.75, 3.05) is 14.2 Å². The van der Waals surface area contributed by atoms with Crippen LogP contribution >= 0.6 is 11.3 Å². The van der Waals surface area contributed by atoms with Gasteiger partial charge in [-0.3, -0.25) is 9.59 Å². The molecule has 2 N–H and O–H groups in total. The van der Waals surface area contributed by atoms with Crippen LogP contribution in [0.2, 0.25) is 0 Å². The normalized spacial score (nSPS) is 12.5. The molecule has 0 aliphatic carbocycles. The number of amides is 2. The van der Waals surface area contributed by atoms with Crippen molar-refractivity contribution in [2.24, 2.45) is 0 Å². The summed E-state index contributed by atoms with van der Waals surface area (Å²) in [6, 6.07) is 18.8. The Bertz CT molecular complexity index is 1170. The second-order valence-electron chi connectivity index (χ2n) is 8.93. The summed E-state index contributed by atoms with van der Waals surface area (Å²) in [7, 11) is 3.04. The summed E-state index contributed by atoms with van der Waals surface area (Å²) in [6.07, 6.45) is 2.42. The number of hydrogen-bond acceptors (Lipinski definition) is 5. The maximum Gasteiger partial charge on any atom is 0.268 e. The molecule has 0 bridgehead atoms. The molecule has 0 saturated heterocycles. The highest BCUT2D eigenvalue weighted by Crippen LogP contribution is 2.29. The van der Waals surface area contributed by atoms with Crippen molar-refractivity contribution in [3.8, 4) is 11.5 Å². The van der Waals surface area contributed by atoms with Crippen molar-refractivity contribution in [1.29, 1.82) is 0 Å². The Morgan fingerprint density at radius 1 is 1.00 bits per heavy atom. The third-order valence-corrected chi connectivity index (χ3v) is 6.54. The number of hydrogen-bond donors (Lipinski definition) is 2. The van der Waals surface area contributed by atoms with E-state index in [1.54, 1.807) is 24.3 Å². The predicted molar refractivity (Wildman–Crippen MR) is 141 cm³/mol. The molecule has 35 heavy (non-hydrogen) atoms. The fourth-order valence-electron chi connectivity index (χ4n) is 3.97. The lowest BCUT2D eigenvalue weighted by atomic mass is 9.79. The molecule has 6 nitrogen and oxygen atoms in total. The van der Waals surface area contributed by atoms with Gasteiger partial charge in [-0.2, -0.15) is 0 Å². The van der Waals surface area contributed by atoms with Crippen LogP contribution in [0.3, 0.4) is 0 Å². The Kier molecular flexibility index (Phi) is 8.71. The van der Waals surface area contributed by atoms with Crippen LogP contribution in [0, 0.1) is 0 Å². The predicted octanol–water partition coefficient (Wildman–Crippen LogP) is 5.41. The molecular weight excluding hydrogens is 460 g/mol. The van der Waals surface area contributed by atoms with Crippen LogP contribution in [0.1, 0.15) is 48.0 Å². The van der Waals surface area contributed by atoms with E-state index in [9.17, 15) is 9.59 Å².